The molecule has 0 aliphatic heterocycles. The quantitative estimate of drug-likeness (QED) is 0.120. The first-order valence-electron chi connectivity index (χ1n) is 17.2. The molecule has 8 heteroatoms. The highest BCUT2D eigenvalue weighted by atomic mass is 35.5. The maximum atomic E-state index is 14.0. The maximum Gasteiger partial charge on any atom is 0.251 e. The van der Waals surface area contributed by atoms with Crippen molar-refractivity contribution >= 4 is 39.9 Å². The van der Waals surface area contributed by atoms with Gasteiger partial charge in [-0.15, -0.1) is 0 Å². The molecule has 2 amide bonds. The van der Waals surface area contributed by atoms with Gasteiger partial charge in [0.25, 0.3) is 5.91 Å². The van der Waals surface area contributed by atoms with E-state index < -0.39 is 22.1 Å². The zero-order valence-corrected chi connectivity index (χ0v) is 31.4. The zero-order valence-electron chi connectivity index (χ0n) is 29.8. The van der Waals surface area contributed by atoms with Crippen LogP contribution in [-0.4, -0.2) is 33.7 Å². The summed E-state index contributed by atoms with van der Waals surface area (Å²) in [5.41, 5.74) is 15.4. The fourth-order valence-corrected chi connectivity index (χ4v) is 6.83. The summed E-state index contributed by atoms with van der Waals surface area (Å²) in [6.07, 6.45) is 0.433. The highest BCUT2D eigenvalue weighted by Crippen LogP contribution is 2.31. The number of hydrogen-bond acceptors (Lipinski definition) is 4. The van der Waals surface area contributed by atoms with Gasteiger partial charge in [-0.3, -0.25) is 13.8 Å². The van der Waals surface area contributed by atoms with Crippen LogP contribution in [0, 0.1) is 6.92 Å². The minimum Gasteiger partial charge on any atom is -0.351 e. The lowest BCUT2D eigenvalue weighted by Gasteiger charge is -2.20. The molecule has 51 heavy (non-hydrogen) atoms. The average Bonchev–Trinajstić information content (AvgIpc) is 3.11. The van der Waals surface area contributed by atoms with E-state index >= 15 is 0 Å². The molecule has 0 aliphatic carbocycles. The molecule has 264 valence electrons. The van der Waals surface area contributed by atoms with Crippen LogP contribution in [-0.2, 0) is 27.4 Å². The highest BCUT2D eigenvalue weighted by Gasteiger charge is 2.22. The van der Waals surface area contributed by atoms with Crippen LogP contribution in [0.4, 0.5) is 5.69 Å². The minimum absolute atomic E-state index is 0.0743. The fourth-order valence-electron chi connectivity index (χ4n) is 5.93. The molecule has 0 heterocycles. The Bertz CT molecular complexity index is 1980. The molecule has 4 N–H and O–H groups in total. The minimum atomic E-state index is -1.20. The van der Waals surface area contributed by atoms with Crippen LogP contribution in [0.15, 0.2) is 115 Å². The monoisotopic (exact) mass is 719 g/mol. The Morgan fingerprint density at radius 1 is 0.804 bits per heavy atom. The van der Waals surface area contributed by atoms with E-state index in [9.17, 15) is 13.8 Å². The van der Waals surface area contributed by atoms with Crippen LogP contribution in [0.1, 0.15) is 66.2 Å². The van der Waals surface area contributed by atoms with Gasteiger partial charge in [-0.25, -0.2) is 0 Å². The van der Waals surface area contributed by atoms with Gasteiger partial charge >= 0.3 is 0 Å². The van der Waals surface area contributed by atoms with Crippen molar-refractivity contribution in [3.05, 3.63) is 148 Å². The Morgan fingerprint density at radius 2 is 1.39 bits per heavy atom. The van der Waals surface area contributed by atoms with Crippen molar-refractivity contribution in [2.45, 2.75) is 57.7 Å². The van der Waals surface area contributed by atoms with Crippen molar-refractivity contribution in [2.75, 3.05) is 17.6 Å². The molecule has 5 aromatic carbocycles. The molecule has 5 aromatic rings. The Balaban J connectivity index is 1.35. The van der Waals surface area contributed by atoms with Crippen molar-refractivity contribution in [1.82, 2.24) is 5.32 Å². The first-order valence-corrected chi connectivity index (χ1v) is 18.9. The van der Waals surface area contributed by atoms with Crippen LogP contribution < -0.4 is 16.4 Å². The number of hydrogen-bond donors (Lipinski definition) is 3. The second kappa shape index (κ2) is 16.6. The number of carbonyl (C=O) groups is 2. The Morgan fingerprint density at radius 3 is 1.96 bits per heavy atom. The molecule has 0 fully saturated rings. The van der Waals surface area contributed by atoms with E-state index in [1.54, 1.807) is 19.1 Å². The lowest BCUT2D eigenvalue weighted by atomic mass is 9.86. The molecule has 5 rings (SSSR count). The molecule has 1 unspecified atom stereocenters. The summed E-state index contributed by atoms with van der Waals surface area (Å²) in [5, 5.41) is 6.20. The van der Waals surface area contributed by atoms with E-state index in [1.807, 2.05) is 73.7 Å². The van der Waals surface area contributed by atoms with E-state index in [-0.39, 0.29) is 23.8 Å². The van der Waals surface area contributed by atoms with E-state index in [4.69, 9.17) is 17.3 Å². The van der Waals surface area contributed by atoms with Crippen molar-refractivity contribution in [2.24, 2.45) is 5.73 Å². The first-order chi connectivity index (χ1) is 24.3. The number of anilines is 1. The van der Waals surface area contributed by atoms with Crippen molar-refractivity contribution in [1.29, 1.82) is 0 Å². The zero-order chi connectivity index (χ0) is 36.7. The largest absolute Gasteiger partial charge is 0.351 e. The number of halogens is 1. The van der Waals surface area contributed by atoms with Gasteiger partial charge in [0.05, 0.1) is 11.3 Å². The molecular formula is C43H46ClN3O3S. The standard InChI is InChI=1S/C43H46ClN3O3S/c1-28-26-37(44)20-23-39(28)33-16-21-38(22-17-33)47-42(49)40(27-30-6-8-35(9-7-30)41(48)46-24-25-51(50)29(2)45)34-12-10-31(11-13-34)32-14-18-36(19-15-32)43(3,4)5/h6-23,26,29,40H,24-25,27,45H2,1-5H3,(H,46,48)(H,47,49)/t29-,40-,51?/m1/s1. The predicted octanol–water partition coefficient (Wildman–Crippen LogP) is 9.03. The van der Waals surface area contributed by atoms with Gasteiger partial charge in [-0.1, -0.05) is 111 Å². The van der Waals surface area contributed by atoms with Crippen molar-refractivity contribution < 1.29 is 13.8 Å². The Labute approximate surface area is 309 Å². The van der Waals surface area contributed by atoms with Gasteiger partial charge in [0.2, 0.25) is 5.91 Å². The first kappa shape index (κ1) is 37.7. The normalized spacial score (nSPS) is 13.2. The molecule has 0 radical (unpaired) electrons. The molecule has 6 nitrogen and oxygen atoms in total. The molecule has 0 aromatic heterocycles. The summed E-state index contributed by atoms with van der Waals surface area (Å²) in [6, 6.07) is 37.7. The predicted molar refractivity (Wildman–Crippen MR) is 213 cm³/mol. The molecule has 0 saturated heterocycles. The van der Waals surface area contributed by atoms with E-state index in [0.29, 0.717) is 28.4 Å². The number of amides is 2. The van der Waals surface area contributed by atoms with Gasteiger partial charge in [0.15, 0.2) is 0 Å². The van der Waals surface area contributed by atoms with E-state index in [2.05, 4.69) is 67.8 Å². The summed E-state index contributed by atoms with van der Waals surface area (Å²) in [4.78, 5) is 26.7. The van der Waals surface area contributed by atoms with Crippen LogP contribution in [0.5, 0.6) is 0 Å². The molecule has 0 spiro atoms. The summed E-state index contributed by atoms with van der Waals surface area (Å²) in [6.45, 7) is 10.6. The fraction of sp³-hybridized carbons (Fsp3) is 0.256. The number of carbonyl (C=O) groups excluding carboxylic acids is 2. The third-order valence-electron chi connectivity index (χ3n) is 9.03. The topological polar surface area (TPSA) is 101 Å². The van der Waals surface area contributed by atoms with E-state index in [0.717, 1.165) is 38.9 Å². The van der Waals surface area contributed by atoms with Crippen molar-refractivity contribution in [3.63, 3.8) is 0 Å². The SMILES string of the molecule is Cc1cc(Cl)ccc1-c1ccc(NC(=O)[C@H](Cc2ccc(C(=O)NCCS(=O)[C@H](C)N)cc2)c2ccc(-c3ccc(C(C)(C)C)cc3)cc2)cc1. The number of nitrogens with two attached hydrogens (primary N) is 1. The van der Waals surface area contributed by atoms with Gasteiger partial charge in [-0.2, -0.15) is 0 Å². The number of benzene rings is 5. The van der Waals surface area contributed by atoms with Crippen LogP contribution in [0.25, 0.3) is 22.3 Å². The second-order valence-corrected chi connectivity index (χ2v) is 16.3. The number of nitrogens with one attached hydrogen (secondary N) is 2. The Hall–Kier alpha value is -4.56. The highest BCUT2D eigenvalue weighted by molar-refractivity contribution is 7.85. The second-order valence-electron chi connectivity index (χ2n) is 14.0. The summed E-state index contributed by atoms with van der Waals surface area (Å²) in [5.74, 6) is -0.575. The third-order valence-corrected chi connectivity index (χ3v) is 10.7. The molecule has 0 bridgehead atoms. The van der Waals surface area contributed by atoms with Gasteiger partial charge < -0.3 is 16.4 Å². The summed E-state index contributed by atoms with van der Waals surface area (Å²) in [7, 11) is -1.20. The third kappa shape index (κ3) is 10.0. The lowest BCUT2D eigenvalue weighted by Crippen LogP contribution is -2.32. The van der Waals surface area contributed by atoms with E-state index in [1.165, 1.54) is 5.56 Å². The summed E-state index contributed by atoms with van der Waals surface area (Å²) >= 11 is 6.16. The van der Waals surface area contributed by atoms with Gasteiger partial charge in [0.1, 0.15) is 0 Å². The lowest BCUT2D eigenvalue weighted by molar-refractivity contribution is -0.117. The smallest absolute Gasteiger partial charge is 0.251 e. The molecule has 3 atom stereocenters. The average molecular weight is 720 g/mol. The van der Waals surface area contributed by atoms with Crippen LogP contribution >= 0.6 is 11.6 Å². The Kier molecular flexibility index (Phi) is 12.3. The van der Waals surface area contributed by atoms with Crippen molar-refractivity contribution in [3.8, 4) is 22.3 Å². The van der Waals surface area contributed by atoms with Crippen LogP contribution in [0.3, 0.4) is 0 Å². The van der Waals surface area contributed by atoms with Gasteiger partial charge in [-0.05, 0) is 107 Å². The van der Waals surface area contributed by atoms with Crippen LogP contribution in [0.2, 0.25) is 5.02 Å². The molecule has 0 aliphatic rings. The molecular weight excluding hydrogens is 674 g/mol. The summed E-state index contributed by atoms with van der Waals surface area (Å²) < 4.78 is 11.9. The maximum absolute atomic E-state index is 14.0. The number of aryl methyl sites for hydroxylation is 1. The number of rotatable bonds is 12. The molecule has 0 saturated carbocycles. The van der Waals surface area contributed by atoms with Gasteiger partial charge in [0, 0.05) is 39.4 Å².